The molecular formula is C13H16N6O2S. The second-order valence-electron chi connectivity index (χ2n) is 4.35. The minimum atomic E-state index is -0.382. The van der Waals surface area contributed by atoms with Gasteiger partial charge in [0.1, 0.15) is 5.76 Å². The Balaban J connectivity index is 1.79. The van der Waals surface area contributed by atoms with Gasteiger partial charge in [-0.05, 0) is 42.1 Å². The van der Waals surface area contributed by atoms with Crippen LogP contribution in [-0.2, 0) is 11.3 Å². The quantitative estimate of drug-likeness (QED) is 0.616. The summed E-state index contributed by atoms with van der Waals surface area (Å²) < 4.78 is 5.07. The van der Waals surface area contributed by atoms with E-state index in [2.05, 4.69) is 33.0 Å². The molecule has 0 saturated heterocycles. The molecule has 0 spiro atoms. The van der Waals surface area contributed by atoms with E-state index in [9.17, 15) is 4.79 Å². The van der Waals surface area contributed by atoms with Crippen molar-refractivity contribution in [2.45, 2.75) is 26.3 Å². The zero-order valence-electron chi connectivity index (χ0n) is 12.0. The van der Waals surface area contributed by atoms with Crippen LogP contribution in [0.5, 0.6) is 0 Å². The van der Waals surface area contributed by atoms with E-state index >= 15 is 0 Å². The van der Waals surface area contributed by atoms with E-state index in [1.807, 2.05) is 0 Å². The molecule has 2 N–H and O–H groups in total. The first-order valence-corrected chi connectivity index (χ1v) is 7.19. The normalized spacial score (nSPS) is 10.8. The van der Waals surface area contributed by atoms with Crippen LogP contribution in [0.4, 0.5) is 5.95 Å². The molecule has 1 amide bonds. The SMILES string of the molecule is CCCCn1nnc(NC(=S)NC(=O)C=Cc2ccco2)n1. The van der Waals surface area contributed by atoms with Crippen LogP contribution in [-0.4, -0.2) is 31.2 Å². The number of tetrazole rings is 1. The molecule has 0 aromatic carbocycles. The van der Waals surface area contributed by atoms with Gasteiger partial charge in [0.05, 0.1) is 12.8 Å². The fraction of sp³-hybridized carbons (Fsp3) is 0.308. The second-order valence-corrected chi connectivity index (χ2v) is 4.76. The summed E-state index contributed by atoms with van der Waals surface area (Å²) in [6.07, 6.45) is 6.39. The van der Waals surface area contributed by atoms with Crippen LogP contribution in [0.25, 0.3) is 6.08 Å². The third-order valence-corrected chi connectivity index (χ3v) is 2.77. The van der Waals surface area contributed by atoms with Crippen LogP contribution in [0.15, 0.2) is 28.9 Å². The first kappa shape index (κ1) is 15.8. The molecule has 0 atom stereocenters. The average Bonchev–Trinajstić information content (AvgIpc) is 3.14. The van der Waals surface area contributed by atoms with Gasteiger partial charge in [-0.25, -0.2) is 0 Å². The molecule has 0 radical (unpaired) electrons. The molecular weight excluding hydrogens is 304 g/mol. The zero-order valence-corrected chi connectivity index (χ0v) is 12.8. The lowest BCUT2D eigenvalue weighted by Crippen LogP contribution is -2.33. The smallest absolute Gasteiger partial charge is 0.269 e. The highest BCUT2D eigenvalue weighted by molar-refractivity contribution is 7.80. The monoisotopic (exact) mass is 320 g/mol. The molecule has 9 heteroatoms. The van der Waals surface area contributed by atoms with E-state index in [0.29, 0.717) is 12.3 Å². The third-order valence-electron chi connectivity index (χ3n) is 2.57. The molecule has 0 fully saturated rings. The van der Waals surface area contributed by atoms with Crippen molar-refractivity contribution in [2.24, 2.45) is 0 Å². The van der Waals surface area contributed by atoms with Gasteiger partial charge in [-0.1, -0.05) is 18.4 Å². The van der Waals surface area contributed by atoms with E-state index < -0.39 is 0 Å². The molecule has 0 saturated carbocycles. The molecule has 2 aromatic rings. The number of nitrogens with zero attached hydrogens (tertiary/aromatic N) is 4. The van der Waals surface area contributed by atoms with E-state index in [1.54, 1.807) is 12.1 Å². The van der Waals surface area contributed by atoms with E-state index in [4.69, 9.17) is 16.6 Å². The number of furan rings is 1. The van der Waals surface area contributed by atoms with Gasteiger partial charge < -0.3 is 4.42 Å². The molecule has 0 aliphatic carbocycles. The topological polar surface area (TPSA) is 97.9 Å². The number of hydrogen-bond acceptors (Lipinski definition) is 6. The van der Waals surface area contributed by atoms with Crippen molar-refractivity contribution >= 4 is 35.3 Å². The van der Waals surface area contributed by atoms with Crippen LogP contribution < -0.4 is 10.6 Å². The van der Waals surface area contributed by atoms with Crippen LogP contribution in [0.3, 0.4) is 0 Å². The van der Waals surface area contributed by atoms with Crippen molar-refractivity contribution in [2.75, 3.05) is 5.32 Å². The standard InChI is InChI=1S/C13H16N6O2S/c1-2-3-8-19-17-12(16-18-19)15-13(22)14-11(20)7-6-10-5-4-9-21-10/h4-7,9H,2-3,8H2,1H3,(H2,14,15,17,20,22). The highest BCUT2D eigenvalue weighted by atomic mass is 32.1. The molecule has 0 aliphatic heterocycles. The zero-order chi connectivity index (χ0) is 15.8. The molecule has 22 heavy (non-hydrogen) atoms. The maximum atomic E-state index is 11.7. The predicted octanol–water partition coefficient (Wildman–Crippen LogP) is 1.59. The maximum absolute atomic E-state index is 11.7. The number of anilines is 1. The van der Waals surface area contributed by atoms with E-state index in [-0.39, 0.29) is 17.0 Å². The van der Waals surface area contributed by atoms with E-state index in [1.165, 1.54) is 23.2 Å². The highest BCUT2D eigenvalue weighted by Crippen LogP contribution is 2.01. The van der Waals surface area contributed by atoms with Gasteiger partial charge >= 0.3 is 0 Å². The third kappa shape index (κ3) is 5.09. The first-order valence-electron chi connectivity index (χ1n) is 6.78. The van der Waals surface area contributed by atoms with Gasteiger partial charge in [0.2, 0.25) is 5.91 Å². The Morgan fingerprint density at radius 2 is 2.41 bits per heavy atom. The second kappa shape index (κ2) is 8.03. The fourth-order valence-electron chi connectivity index (χ4n) is 1.52. The Hall–Kier alpha value is -2.55. The molecule has 2 heterocycles. The van der Waals surface area contributed by atoms with Gasteiger partial charge in [-0.15, -0.1) is 5.10 Å². The highest BCUT2D eigenvalue weighted by Gasteiger charge is 2.06. The van der Waals surface area contributed by atoms with Crippen LogP contribution >= 0.6 is 12.2 Å². The minimum absolute atomic E-state index is 0.101. The number of carbonyl (C=O) groups excluding carboxylic acids is 1. The van der Waals surface area contributed by atoms with Crippen molar-refractivity contribution in [3.05, 3.63) is 30.2 Å². The Kier molecular flexibility index (Phi) is 5.78. The lowest BCUT2D eigenvalue weighted by molar-refractivity contribution is -0.115. The van der Waals surface area contributed by atoms with Crippen molar-refractivity contribution in [1.29, 1.82) is 0 Å². The number of aryl methyl sites for hydroxylation is 1. The Bertz CT molecular complexity index is 649. The molecule has 8 nitrogen and oxygen atoms in total. The Labute approximate surface area is 132 Å². The fourth-order valence-corrected chi connectivity index (χ4v) is 1.71. The molecule has 0 bridgehead atoms. The van der Waals surface area contributed by atoms with Gasteiger partial charge in [0.25, 0.3) is 5.95 Å². The number of thiocarbonyl (C=S) groups is 1. The van der Waals surface area contributed by atoms with Crippen molar-refractivity contribution < 1.29 is 9.21 Å². The summed E-state index contributed by atoms with van der Waals surface area (Å²) in [7, 11) is 0. The summed E-state index contributed by atoms with van der Waals surface area (Å²) in [6, 6.07) is 3.47. The Morgan fingerprint density at radius 1 is 1.55 bits per heavy atom. The van der Waals surface area contributed by atoms with Crippen molar-refractivity contribution in [1.82, 2.24) is 25.5 Å². The van der Waals surface area contributed by atoms with E-state index in [0.717, 1.165) is 12.8 Å². The first-order chi connectivity index (χ1) is 10.7. The summed E-state index contributed by atoms with van der Waals surface area (Å²) >= 11 is 5.01. The number of hydrogen-bond donors (Lipinski definition) is 2. The lowest BCUT2D eigenvalue weighted by atomic mass is 10.3. The summed E-state index contributed by atoms with van der Waals surface area (Å²) in [5, 5.41) is 17.0. The summed E-state index contributed by atoms with van der Waals surface area (Å²) in [4.78, 5) is 13.1. The minimum Gasteiger partial charge on any atom is -0.465 e. The number of aromatic nitrogens is 4. The lowest BCUT2D eigenvalue weighted by Gasteiger charge is -2.03. The van der Waals surface area contributed by atoms with Crippen LogP contribution in [0.2, 0.25) is 0 Å². The number of unbranched alkanes of at least 4 members (excludes halogenated alkanes) is 1. The van der Waals surface area contributed by atoms with Gasteiger partial charge in [0, 0.05) is 6.08 Å². The number of amides is 1. The van der Waals surface area contributed by atoms with Gasteiger partial charge in [0.15, 0.2) is 5.11 Å². The molecule has 0 aliphatic rings. The number of rotatable bonds is 6. The van der Waals surface area contributed by atoms with Gasteiger partial charge in [-0.3, -0.25) is 15.4 Å². The summed E-state index contributed by atoms with van der Waals surface area (Å²) in [5.41, 5.74) is 0. The average molecular weight is 320 g/mol. The van der Waals surface area contributed by atoms with Crippen molar-refractivity contribution in [3.8, 4) is 0 Å². The maximum Gasteiger partial charge on any atom is 0.269 e. The molecule has 116 valence electrons. The number of carbonyl (C=O) groups is 1. The van der Waals surface area contributed by atoms with Crippen LogP contribution in [0, 0.1) is 0 Å². The van der Waals surface area contributed by atoms with Crippen LogP contribution in [0.1, 0.15) is 25.5 Å². The van der Waals surface area contributed by atoms with Crippen molar-refractivity contribution in [3.63, 3.8) is 0 Å². The molecule has 2 rings (SSSR count). The largest absolute Gasteiger partial charge is 0.465 e. The van der Waals surface area contributed by atoms with Gasteiger partial charge in [-0.2, -0.15) is 4.80 Å². The molecule has 0 unspecified atom stereocenters. The predicted molar refractivity (Wildman–Crippen MR) is 84.8 cm³/mol. The Morgan fingerprint density at radius 3 is 3.14 bits per heavy atom. The molecule has 2 aromatic heterocycles. The summed E-state index contributed by atoms with van der Waals surface area (Å²) in [6.45, 7) is 2.77. The number of nitrogens with one attached hydrogen (secondary N) is 2. The summed E-state index contributed by atoms with van der Waals surface area (Å²) in [5.74, 6) is 0.443.